The number of nitrogens with one attached hydrogen (secondary N) is 2. The summed E-state index contributed by atoms with van der Waals surface area (Å²) in [6, 6.07) is 7.83. The van der Waals surface area contributed by atoms with E-state index in [4.69, 9.17) is 17.0 Å². The van der Waals surface area contributed by atoms with Crippen molar-refractivity contribution in [3.8, 4) is 5.75 Å². The maximum atomic E-state index is 5.59. The summed E-state index contributed by atoms with van der Waals surface area (Å²) in [5, 5.41) is 7.04. The molecule has 19 heavy (non-hydrogen) atoms. The molecule has 0 atom stereocenters. The Morgan fingerprint density at radius 3 is 2.47 bits per heavy atom. The molecule has 2 N–H and O–H groups in total. The molecule has 0 heterocycles. The normalized spacial score (nSPS) is 10.3. The lowest BCUT2D eigenvalue weighted by atomic mass is 10.2. The van der Waals surface area contributed by atoms with Gasteiger partial charge in [0.1, 0.15) is 5.75 Å². The van der Waals surface area contributed by atoms with Crippen molar-refractivity contribution in [2.75, 3.05) is 11.9 Å². The van der Waals surface area contributed by atoms with Crippen LogP contribution in [-0.4, -0.2) is 17.8 Å². The molecule has 3 nitrogen and oxygen atoms in total. The van der Waals surface area contributed by atoms with Crippen LogP contribution in [0.2, 0.25) is 0 Å². The van der Waals surface area contributed by atoms with E-state index in [9.17, 15) is 0 Å². The van der Waals surface area contributed by atoms with Crippen molar-refractivity contribution in [3.05, 3.63) is 24.3 Å². The molecule has 0 bridgehead atoms. The lowest BCUT2D eigenvalue weighted by molar-refractivity contribution is 0.242. The smallest absolute Gasteiger partial charge is 0.170 e. The number of benzene rings is 1. The van der Waals surface area contributed by atoms with Crippen LogP contribution in [0, 0.1) is 0 Å². The van der Waals surface area contributed by atoms with E-state index in [0.717, 1.165) is 24.4 Å². The van der Waals surface area contributed by atoms with Gasteiger partial charge in [-0.1, -0.05) is 19.8 Å². The summed E-state index contributed by atoms with van der Waals surface area (Å²) < 4.78 is 5.59. The molecule has 0 spiro atoms. The molecular formula is C15H24N2OS. The van der Waals surface area contributed by atoms with Crippen LogP contribution in [0.25, 0.3) is 0 Å². The Bertz CT molecular complexity index is 376. The van der Waals surface area contributed by atoms with Gasteiger partial charge in [-0.2, -0.15) is 0 Å². The summed E-state index contributed by atoms with van der Waals surface area (Å²) in [5.74, 6) is 0.877. The molecule has 1 rings (SSSR count). The number of ether oxygens (including phenoxy) is 1. The highest BCUT2D eigenvalue weighted by Crippen LogP contribution is 2.16. The Kier molecular flexibility index (Phi) is 7.26. The molecule has 1 aromatic rings. The van der Waals surface area contributed by atoms with Crippen LogP contribution in [0.15, 0.2) is 24.3 Å². The first-order valence-corrected chi connectivity index (χ1v) is 7.34. The highest BCUT2D eigenvalue weighted by Gasteiger charge is 1.99. The molecule has 1 aromatic carbocycles. The zero-order chi connectivity index (χ0) is 14.1. The molecule has 0 amide bonds. The predicted octanol–water partition coefficient (Wildman–Crippen LogP) is 3.95. The van der Waals surface area contributed by atoms with Crippen LogP contribution in [0.4, 0.5) is 5.69 Å². The molecule has 0 aliphatic heterocycles. The average molecular weight is 280 g/mol. The highest BCUT2D eigenvalue weighted by molar-refractivity contribution is 7.80. The van der Waals surface area contributed by atoms with Gasteiger partial charge in [0.15, 0.2) is 5.11 Å². The van der Waals surface area contributed by atoms with Crippen molar-refractivity contribution in [1.29, 1.82) is 0 Å². The fourth-order valence-electron chi connectivity index (χ4n) is 1.64. The van der Waals surface area contributed by atoms with Crippen LogP contribution >= 0.6 is 12.2 Å². The SMILES string of the molecule is CCCCCNC(=S)Nc1ccc(OC(C)C)cc1. The second-order valence-electron chi connectivity index (χ2n) is 4.78. The maximum absolute atomic E-state index is 5.59. The van der Waals surface area contributed by atoms with Crippen LogP contribution in [0.3, 0.4) is 0 Å². The minimum atomic E-state index is 0.195. The third-order valence-corrected chi connectivity index (χ3v) is 2.80. The molecule has 0 aliphatic carbocycles. The molecule has 0 aromatic heterocycles. The summed E-state index contributed by atoms with van der Waals surface area (Å²) >= 11 is 5.23. The largest absolute Gasteiger partial charge is 0.491 e. The third-order valence-electron chi connectivity index (χ3n) is 2.55. The van der Waals surface area contributed by atoms with E-state index in [1.807, 2.05) is 38.1 Å². The van der Waals surface area contributed by atoms with Gasteiger partial charge in [0.25, 0.3) is 0 Å². The molecule has 0 unspecified atom stereocenters. The fraction of sp³-hybridized carbons (Fsp3) is 0.533. The number of hydrogen-bond acceptors (Lipinski definition) is 2. The van der Waals surface area contributed by atoms with Crippen molar-refractivity contribution in [2.45, 2.75) is 46.1 Å². The Balaban J connectivity index is 2.34. The third kappa shape index (κ3) is 7.01. The van der Waals surface area contributed by atoms with Gasteiger partial charge in [-0.25, -0.2) is 0 Å². The standard InChI is InChI=1S/C15H24N2OS/c1-4-5-6-11-16-15(19)17-13-7-9-14(10-8-13)18-12(2)3/h7-10,12H,4-6,11H2,1-3H3,(H2,16,17,19). The van der Waals surface area contributed by atoms with E-state index in [-0.39, 0.29) is 6.10 Å². The lowest BCUT2D eigenvalue weighted by Gasteiger charge is -2.12. The van der Waals surface area contributed by atoms with E-state index in [1.165, 1.54) is 12.8 Å². The van der Waals surface area contributed by atoms with Crippen molar-refractivity contribution in [1.82, 2.24) is 5.32 Å². The molecule has 106 valence electrons. The molecule has 0 saturated carbocycles. The molecule has 4 heteroatoms. The molecule has 0 fully saturated rings. The van der Waals surface area contributed by atoms with Gasteiger partial charge in [-0.05, 0) is 56.8 Å². The summed E-state index contributed by atoms with van der Waals surface area (Å²) in [6.07, 6.45) is 3.80. The van der Waals surface area contributed by atoms with E-state index in [1.54, 1.807) is 0 Å². The maximum Gasteiger partial charge on any atom is 0.170 e. The monoisotopic (exact) mass is 280 g/mol. The Labute approximate surface area is 121 Å². The average Bonchev–Trinajstić information content (AvgIpc) is 2.36. The van der Waals surface area contributed by atoms with E-state index in [2.05, 4.69) is 17.6 Å². The van der Waals surface area contributed by atoms with Gasteiger partial charge in [0, 0.05) is 12.2 Å². The van der Waals surface area contributed by atoms with Crippen molar-refractivity contribution in [2.24, 2.45) is 0 Å². The van der Waals surface area contributed by atoms with Gasteiger partial charge in [0.05, 0.1) is 6.10 Å². The van der Waals surface area contributed by atoms with E-state index >= 15 is 0 Å². The van der Waals surface area contributed by atoms with Crippen molar-refractivity contribution >= 4 is 23.0 Å². The minimum absolute atomic E-state index is 0.195. The summed E-state index contributed by atoms with van der Waals surface area (Å²) in [4.78, 5) is 0. The molecule has 0 radical (unpaired) electrons. The van der Waals surface area contributed by atoms with E-state index < -0.39 is 0 Å². The second-order valence-corrected chi connectivity index (χ2v) is 5.19. The van der Waals surface area contributed by atoms with Gasteiger partial charge in [-0.3, -0.25) is 0 Å². The Morgan fingerprint density at radius 1 is 1.21 bits per heavy atom. The topological polar surface area (TPSA) is 33.3 Å². The van der Waals surface area contributed by atoms with Gasteiger partial charge in [-0.15, -0.1) is 0 Å². The number of rotatable bonds is 7. The zero-order valence-electron chi connectivity index (χ0n) is 12.0. The predicted molar refractivity (Wildman–Crippen MR) is 86.0 cm³/mol. The van der Waals surface area contributed by atoms with Gasteiger partial charge in [0.2, 0.25) is 0 Å². The van der Waals surface area contributed by atoms with Crippen LogP contribution in [0.1, 0.15) is 40.0 Å². The molecule has 0 saturated heterocycles. The highest BCUT2D eigenvalue weighted by atomic mass is 32.1. The fourth-order valence-corrected chi connectivity index (χ4v) is 1.86. The van der Waals surface area contributed by atoms with Crippen LogP contribution in [-0.2, 0) is 0 Å². The van der Waals surface area contributed by atoms with E-state index in [0.29, 0.717) is 5.11 Å². The second kappa shape index (κ2) is 8.75. The van der Waals surface area contributed by atoms with Gasteiger partial charge < -0.3 is 15.4 Å². The van der Waals surface area contributed by atoms with Crippen LogP contribution < -0.4 is 15.4 Å². The number of anilines is 1. The zero-order valence-corrected chi connectivity index (χ0v) is 12.8. The van der Waals surface area contributed by atoms with Crippen LogP contribution in [0.5, 0.6) is 5.75 Å². The van der Waals surface area contributed by atoms with Crippen molar-refractivity contribution in [3.63, 3.8) is 0 Å². The number of thiocarbonyl (C=S) groups is 1. The quantitative estimate of drug-likeness (QED) is 0.585. The molecular weight excluding hydrogens is 256 g/mol. The summed E-state index contributed by atoms with van der Waals surface area (Å²) in [7, 11) is 0. The van der Waals surface area contributed by atoms with Gasteiger partial charge >= 0.3 is 0 Å². The summed E-state index contributed by atoms with van der Waals surface area (Å²) in [5.41, 5.74) is 0.976. The number of unbranched alkanes of at least 4 members (excludes halogenated alkanes) is 2. The Morgan fingerprint density at radius 2 is 1.89 bits per heavy atom. The number of hydrogen-bond donors (Lipinski definition) is 2. The lowest BCUT2D eigenvalue weighted by Crippen LogP contribution is -2.29. The Hall–Kier alpha value is -1.29. The molecule has 0 aliphatic rings. The first-order valence-electron chi connectivity index (χ1n) is 6.93. The first-order chi connectivity index (χ1) is 9.11. The summed E-state index contributed by atoms with van der Waals surface area (Å²) in [6.45, 7) is 7.15. The first kappa shape index (κ1) is 15.8. The minimum Gasteiger partial charge on any atom is -0.491 e. The van der Waals surface area contributed by atoms with Crippen molar-refractivity contribution < 1.29 is 4.74 Å².